The Bertz CT molecular complexity index is 184. The van der Waals surface area contributed by atoms with Crippen LogP contribution in [0.5, 0.6) is 0 Å². The van der Waals surface area contributed by atoms with Crippen LogP contribution in [0.15, 0.2) is 0 Å². The molecule has 2 aliphatic rings. The number of likely N-dealkylation sites (N-methyl/N-ethyl adjacent to an activating group) is 1. The van der Waals surface area contributed by atoms with Gasteiger partial charge in [-0.1, -0.05) is 25.7 Å². The van der Waals surface area contributed by atoms with E-state index in [4.69, 9.17) is 0 Å². The number of hydrogen-bond acceptors (Lipinski definition) is 3. The molecule has 1 atom stereocenters. The molecule has 0 aromatic heterocycles. The van der Waals surface area contributed by atoms with Crippen molar-refractivity contribution in [1.82, 2.24) is 10.2 Å². The minimum absolute atomic E-state index is 0.729. The van der Waals surface area contributed by atoms with Gasteiger partial charge in [0.1, 0.15) is 0 Å². The lowest BCUT2D eigenvalue weighted by atomic mass is 10.1. The number of nitrogens with zero attached hydrogens (tertiary/aromatic N) is 1. The molecule has 0 radical (unpaired) electrons. The van der Waals surface area contributed by atoms with Crippen LogP contribution in [0.3, 0.4) is 0 Å². The van der Waals surface area contributed by atoms with Gasteiger partial charge in [0.2, 0.25) is 0 Å². The van der Waals surface area contributed by atoms with E-state index in [-0.39, 0.29) is 0 Å². The second-order valence-corrected chi connectivity index (χ2v) is 6.46. The molecule has 1 unspecified atom stereocenters. The molecule has 3 heteroatoms. The standard InChI is InChI=1S/C13H26N2S/c1-15(10-12-11-16-9-8-14-12)13-6-4-2-3-5-7-13/h12-14H,2-11H2,1H3. The lowest BCUT2D eigenvalue weighted by molar-refractivity contribution is 0.203. The van der Waals surface area contributed by atoms with Crippen LogP contribution in [-0.2, 0) is 0 Å². The lowest BCUT2D eigenvalue weighted by Crippen LogP contribution is -2.47. The fraction of sp³-hybridized carbons (Fsp3) is 1.00. The monoisotopic (exact) mass is 242 g/mol. The van der Waals surface area contributed by atoms with E-state index in [1.165, 1.54) is 63.1 Å². The van der Waals surface area contributed by atoms with E-state index in [2.05, 4.69) is 29.0 Å². The summed E-state index contributed by atoms with van der Waals surface area (Å²) in [6.45, 7) is 2.45. The third-order valence-corrected chi connectivity index (χ3v) is 5.09. The van der Waals surface area contributed by atoms with Gasteiger partial charge in [-0.05, 0) is 19.9 Å². The summed E-state index contributed by atoms with van der Waals surface area (Å²) in [5.41, 5.74) is 0. The van der Waals surface area contributed by atoms with Gasteiger partial charge in [0, 0.05) is 36.7 Å². The first kappa shape index (κ1) is 12.7. The summed E-state index contributed by atoms with van der Waals surface area (Å²) >= 11 is 2.11. The predicted molar refractivity (Wildman–Crippen MR) is 73.2 cm³/mol. The molecule has 2 rings (SSSR count). The van der Waals surface area contributed by atoms with Crippen molar-refractivity contribution in [3.8, 4) is 0 Å². The second kappa shape index (κ2) is 6.87. The lowest BCUT2D eigenvalue weighted by Gasteiger charge is -2.32. The van der Waals surface area contributed by atoms with Crippen molar-refractivity contribution in [3.05, 3.63) is 0 Å². The Kier molecular flexibility index (Phi) is 5.46. The fourth-order valence-electron chi connectivity index (χ4n) is 2.93. The maximum atomic E-state index is 3.64. The highest BCUT2D eigenvalue weighted by Crippen LogP contribution is 2.21. The van der Waals surface area contributed by atoms with Crippen molar-refractivity contribution >= 4 is 11.8 Å². The molecule has 1 saturated heterocycles. The maximum absolute atomic E-state index is 3.64. The van der Waals surface area contributed by atoms with Gasteiger partial charge in [0.05, 0.1) is 0 Å². The van der Waals surface area contributed by atoms with Crippen LogP contribution in [0.2, 0.25) is 0 Å². The number of hydrogen-bond donors (Lipinski definition) is 1. The highest BCUT2D eigenvalue weighted by atomic mass is 32.2. The van der Waals surface area contributed by atoms with Gasteiger partial charge in [-0.2, -0.15) is 11.8 Å². The van der Waals surface area contributed by atoms with Crippen LogP contribution in [0.25, 0.3) is 0 Å². The Morgan fingerprint density at radius 1 is 1.19 bits per heavy atom. The average molecular weight is 242 g/mol. The van der Waals surface area contributed by atoms with E-state index < -0.39 is 0 Å². The molecule has 1 aliphatic heterocycles. The largest absolute Gasteiger partial charge is 0.311 e. The molecule has 94 valence electrons. The molecular formula is C13H26N2S. The van der Waals surface area contributed by atoms with E-state index >= 15 is 0 Å². The molecule has 2 fully saturated rings. The Morgan fingerprint density at radius 3 is 2.56 bits per heavy atom. The molecular weight excluding hydrogens is 216 g/mol. The van der Waals surface area contributed by atoms with Crippen LogP contribution in [-0.4, -0.2) is 48.6 Å². The van der Waals surface area contributed by atoms with E-state index in [0.717, 1.165) is 12.1 Å². The summed E-state index contributed by atoms with van der Waals surface area (Å²) < 4.78 is 0. The number of rotatable bonds is 3. The third-order valence-electron chi connectivity index (χ3n) is 3.95. The molecule has 0 aromatic rings. The van der Waals surface area contributed by atoms with Crippen molar-refractivity contribution in [1.29, 1.82) is 0 Å². The minimum atomic E-state index is 0.729. The normalized spacial score (nSPS) is 29.2. The molecule has 2 nitrogen and oxygen atoms in total. The van der Waals surface area contributed by atoms with Crippen LogP contribution in [0.4, 0.5) is 0 Å². The van der Waals surface area contributed by atoms with Gasteiger partial charge in [-0.3, -0.25) is 0 Å². The topological polar surface area (TPSA) is 15.3 Å². The smallest absolute Gasteiger partial charge is 0.0285 e. The Hall–Kier alpha value is 0.270. The zero-order chi connectivity index (χ0) is 11.2. The highest BCUT2D eigenvalue weighted by molar-refractivity contribution is 7.99. The first-order chi connectivity index (χ1) is 7.86. The first-order valence-corrected chi connectivity index (χ1v) is 8.03. The van der Waals surface area contributed by atoms with Gasteiger partial charge < -0.3 is 10.2 Å². The molecule has 1 heterocycles. The molecule has 16 heavy (non-hydrogen) atoms. The van der Waals surface area contributed by atoms with Gasteiger partial charge in [0.25, 0.3) is 0 Å². The summed E-state index contributed by atoms with van der Waals surface area (Å²) in [6, 6.07) is 1.59. The van der Waals surface area contributed by atoms with Gasteiger partial charge in [-0.15, -0.1) is 0 Å². The highest BCUT2D eigenvalue weighted by Gasteiger charge is 2.21. The molecule has 1 saturated carbocycles. The number of thioether (sulfide) groups is 1. The quantitative estimate of drug-likeness (QED) is 0.765. The van der Waals surface area contributed by atoms with Crippen molar-refractivity contribution in [2.24, 2.45) is 0 Å². The van der Waals surface area contributed by atoms with Crippen LogP contribution < -0.4 is 5.32 Å². The molecule has 0 bridgehead atoms. The van der Waals surface area contributed by atoms with Crippen molar-refractivity contribution in [2.45, 2.75) is 50.6 Å². The SMILES string of the molecule is CN(CC1CSCCN1)C1CCCCCC1. The molecule has 1 aliphatic carbocycles. The number of nitrogens with one attached hydrogen (secondary N) is 1. The zero-order valence-corrected chi connectivity index (χ0v) is 11.4. The summed E-state index contributed by atoms with van der Waals surface area (Å²) in [5, 5.41) is 3.64. The third kappa shape index (κ3) is 3.94. The summed E-state index contributed by atoms with van der Waals surface area (Å²) in [5.74, 6) is 2.60. The van der Waals surface area contributed by atoms with Crippen molar-refractivity contribution < 1.29 is 0 Å². The van der Waals surface area contributed by atoms with Gasteiger partial charge >= 0.3 is 0 Å². The van der Waals surface area contributed by atoms with Gasteiger partial charge in [0.15, 0.2) is 0 Å². The van der Waals surface area contributed by atoms with E-state index in [1.807, 2.05) is 0 Å². The van der Waals surface area contributed by atoms with E-state index in [0.29, 0.717) is 0 Å². The van der Waals surface area contributed by atoms with E-state index in [9.17, 15) is 0 Å². The first-order valence-electron chi connectivity index (χ1n) is 6.87. The Morgan fingerprint density at radius 2 is 1.94 bits per heavy atom. The Balaban J connectivity index is 1.74. The van der Waals surface area contributed by atoms with E-state index in [1.54, 1.807) is 0 Å². The molecule has 1 N–H and O–H groups in total. The Labute approximate surface area is 105 Å². The van der Waals surface area contributed by atoms with Crippen molar-refractivity contribution in [3.63, 3.8) is 0 Å². The van der Waals surface area contributed by atoms with Crippen LogP contribution >= 0.6 is 11.8 Å². The fourth-order valence-corrected chi connectivity index (χ4v) is 3.87. The average Bonchev–Trinajstić information content (AvgIpc) is 2.59. The second-order valence-electron chi connectivity index (χ2n) is 5.31. The minimum Gasteiger partial charge on any atom is -0.311 e. The summed E-state index contributed by atoms with van der Waals surface area (Å²) in [7, 11) is 2.33. The summed E-state index contributed by atoms with van der Waals surface area (Å²) in [6.07, 6.45) is 8.67. The summed E-state index contributed by atoms with van der Waals surface area (Å²) in [4.78, 5) is 2.62. The van der Waals surface area contributed by atoms with Crippen LogP contribution in [0, 0.1) is 0 Å². The van der Waals surface area contributed by atoms with Crippen LogP contribution in [0.1, 0.15) is 38.5 Å². The zero-order valence-electron chi connectivity index (χ0n) is 10.6. The predicted octanol–water partition coefficient (Wildman–Crippen LogP) is 2.35. The molecule has 0 spiro atoms. The molecule has 0 aromatic carbocycles. The van der Waals surface area contributed by atoms with Gasteiger partial charge in [-0.25, -0.2) is 0 Å². The van der Waals surface area contributed by atoms with Crippen molar-refractivity contribution in [2.75, 3.05) is 31.6 Å². The molecule has 0 amide bonds. The maximum Gasteiger partial charge on any atom is 0.0285 e.